The van der Waals surface area contributed by atoms with E-state index in [-0.39, 0.29) is 5.82 Å². The molecule has 44 nitrogen and oxygen atoms in total. The van der Waals surface area contributed by atoms with E-state index in [1.807, 2.05) is 0 Å². The Morgan fingerprint density at radius 3 is 0.660 bits per heavy atom. The summed E-state index contributed by atoms with van der Waals surface area (Å²) in [7, 11) is 0. The van der Waals surface area contributed by atoms with E-state index in [0.717, 1.165) is 11.0 Å². The van der Waals surface area contributed by atoms with Gasteiger partial charge in [0.15, 0.2) is 50.3 Å². The minimum Gasteiger partial charge on any atom is -0.394 e. The highest BCUT2D eigenvalue weighted by Gasteiger charge is 2.60. The maximum Gasteiger partial charge on any atom is 0.288 e. The van der Waals surface area contributed by atoms with Gasteiger partial charge in [-0.3, -0.25) is 4.79 Å². The number of carbonyl (C=O) groups is 1. The number of primary amides is 1. The third-order valence-corrected chi connectivity index (χ3v) is 17.3. The van der Waals surface area contributed by atoms with E-state index < -0.39 is 298 Å². The number of amides is 1. The number of ether oxygens (including phenoxy) is 15. The van der Waals surface area contributed by atoms with Crippen LogP contribution in [-0.4, -0.2) is 429 Å². The van der Waals surface area contributed by atoms with Crippen LogP contribution in [-0.2, 0) is 71.1 Å². The summed E-state index contributed by atoms with van der Waals surface area (Å²) in [4.78, 5) is 14.4. The minimum atomic E-state index is -2.21. The summed E-state index contributed by atoms with van der Waals surface area (Å²) in [5.74, 6) is -1.03. The maximum atomic E-state index is 11.3. The van der Waals surface area contributed by atoms with Gasteiger partial charge in [-0.25, -0.2) is 9.67 Å². The number of carbonyl (C=O) groups excluding carboxylic acids is 1. The Labute approximate surface area is 528 Å². The molecule has 94 heavy (non-hydrogen) atoms. The molecule has 1 aromatic heterocycles. The Morgan fingerprint density at radius 2 is 0.500 bits per heavy atom. The summed E-state index contributed by atoms with van der Waals surface area (Å²) in [6, 6.07) is 0. The fourth-order valence-electron chi connectivity index (χ4n) is 12.0. The summed E-state index contributed by atoms with van der Waals surface area (Å²) < 4.78 is 85.7. The van der Waals surface area contributed by atoms with Crippen LogP contribution < -0.4 is 5.73 Å². The lowest BCUT2D eigenvalue weighted by Crippen LogP contribution is -2.68. The van der Waals surface area contributed by atoms with Crippen LogP contribution in [0.15, 0.2) is 6.33 Å². The van der Waals surface area contributed by atoms with Crippen molar-refractivity contribution in [1.82, 2.24) is 14.8 Å². The number of rotatable bonds is 10. The monoisotopic (exact) mass is 1380 g/mol. The number of hydrogen-bond donors (Lipinski definition) is 25. The van der Waals surface area contributed by atoms with Crippen LogP contribution in [0.1, 0.15) is 16.8 Å². The number of nitrogens with zero attached hydrogens (tertiary/aromatic N) is 3. The van der Waals surface area contributed by atoms with Gasteiger partial charge in [0, 0.05) is 0 Å². The zero-order chi connectivity index (χ0) is 68.6. The van der Waals surface area contributed by atoms with E-state index in [1.165, 1.54) is 0 Å². The molecule has 0 aromatic carbocycles. The highest BCUT2D eigenvalue weighted by Crippen LogP contribution is 2.39. The van der Waals surface area contributed by atoms with Gasteiger partial charge in [0.1, 0.15) is 196 Å². The van der Waals surface area contributed by atoms with Crippen LogP contribution in [0.4, 0.5) is 0 Å². The third-order valence-electron chi connectivity index (χ3n) is 17.3. The van der Waals surface area contributed by atoms with E-state index in [9.17, 15) is 122 Å². The number of nitrogens with two attached hydrogens (primary N) is 1. The van der Waals surface area contributed by atoms with Crippen LogP contribution in [0, 0.1) is 0 Å². The number of aliphatic hydroxyl groups is 24. The molecule has 22 aliphatic heterocycles. The second-order valence-corrected chi connectivity index (χ2v) is 23.3. The van der Waals surface area contributed by atoms with Gasteiger partial charge in [0.25, 0.3) is 5.91 Å². The second kappa shape index (κ2) is 32.1. The van der Waals surface area contributed by atoms with Crippen molar-refractivity contribution < 1.29 is 198 Å². The van der Waals surface area contributed by atoms with Crippen LogP contribution in [0.3, 0.4) is 0 Å². The zero-order valence-corrected chi connectivity index (χ0v) is 48.9. The molecule has 22 aliphatic rings. The Balaban J connectivity index is 0.000000528. The van der Waals surface area contributed by atoms with Crippen molar-refractivity contribution >= 4 is 5.91 Å². The average Bonchev–Trinajstić information content (AvgIpc) is 1.08. The number of aromatic nitrogens is 3. The first-order valence-corrected chi connectivity index (χ1v) is 29.5. The van der Waals surface area contributed by atoms with Gasteiger partial charge in [-0.2, -0.15) is 0 Å². The Bertz CT molecular complexity index is 2160. The summed E-state index contributed by atoms with van der Waals surface area (Å²) in [6.07, 6.45) is -73.5. The topological polar surface area (TPSA) is 698 Å². The molecule has 22 fully saturated rings. The van der Waals surface area contributed by atoms with E-state index >= 15 is 0 Å². The van der Waals surface area contributed by atoms with Crippen LogP contribution >= 0.6 is 0 Å². The molecule has 0 radical (unpaired) electrons. The van der Waals surface area contributed by atoms with E-state index in [1.54, 1.807) is 0 Å². The first-order valence-electron chi connectivity index (χ1n) is 29.5. The summed E-state index contributed by atoms with van der Waals surface area (Å²) >= 11 is 0. The molecule has 542 valence electrons. The van der Waals surface area contributed by atoms with Crippen LogP contribution in [0.5, 0.6) is 0 Å². The zero-order valence-electron chi connectivity index (χ0n) is 48.9. The van der Waals surface area contributed by atoms with Gasteiger partial charge < -0.3 is 199 Å². The minimum absolute atomic E-state index is 0.220. The molecule has 44 heteroatoms. The normalized spacial score (nSPS) is 51.3. The van der Waals surface area contributed by atoms with Crippen molar-refractivity contribution in [2.75, 3.05) is 52.9 Å². The SMILES string of the molecule is NC(=O)c1ncn([C@H]2O[C@@H](CO)[C@H](O)[C@@H]2O)n1.OC[C@@H]1O[C@H]2O[C@@H]3[C@@H](O)[C@H](O)[C@H](O[C@@H]4[C@@H](O)[C@H](O)[C@H](O[C@@H]5[C@@H](O)[C@@H](O)[C@H](O[C@@H]6[C@@H](O)[C@H](O)[C@H](O[C@@H]7[C@@H](O)[C@H](O)[C@H](O[C@@H]8[C@@H](O)[C@H](O)[C@H](O[C@@H]1[C@@H](O)[C@@H]2O)O[C@H]8CO)O[C@H]7CO)O[C@H]6CO)O[C@H]5CO)O[C@H]4CO)O[C@H]3CO. The summed E-state index contributed by atoms with van der Waals surface area (Å²) in [5, 5.41) is 262. The van der Waals surface area contributed by atoms with Crippen molar-refractivity contribution in [3.8, 4) is 0 Å². The lowest BCUT2D eigenvalue weighted by atomic mass is 9.95. The lowest BCUT2D eigenvalue weighted by Gasteiger charge is -2.50. The van der Waals surface area contributed by atoms with Crippen molar-refractivity contribution in [1.29, 1.82) is 0 Å². The van der Waals surface area contributed by atoms with Gasteiger partial charge in [-0.1, -0.05) is 0 Å². The quantitative estimate of drug-likeness (QED) is 0.103. The molecule has 26 N–H and O–H groups in total. The van der Waals surface area contributed by atoms with Crippen molar-refractivity contribution in [3.63, 3.8) is 0 Å². The molecular formula is C50H82N4O40. The average molecular weight is 1380 g/mol. The van der Waals surface area contributed by atoms with Crippen molar-refractivity contribution in [3.05, 3.63) is 12.2 Å². The van der Waals surface area contributed by atoms with Crippen molar-refractivity contribution in [2.24, 2.45) is 5.73 Å². The first kappa shape index (κ1) is 75.3. The van der Waals surface area contributed by atoms with Gasteiger partial charge in [-0.05, 0) is 0 Å². The predicted octanol–water partition coefficient (Wildman–Crippen LogP) is -18.2. The van der Waals surface area contributed by atoms with Gasteiger partial charge >= 0.3 is 0 Å². The number of aliphatic hydroxyl groups excluding tert-OH is 24. The lowest BCUT2D eigenvalue weighted by molar-refractivity contribution is -0.396. The molecule has 0 spiro atoms. The summed E-state index contributed by atoms with van der Waals surface area (Å²) in [5.41, 5.74) is 4.97. The molecule has 1 aromatic rings. The number of hydrogen-bond acceptors (Lipinski definition) is 42. The Morgan fingerprint density at radius 1 is 0.298 bits per heavy atom. The Kier molecular flexibility index (Phi) is 25.7. The molecule has 0 aliphatic carbocycles. The van der Waals surface area contributed by atoms with Crippen LogP contribution in [0.25, 0.3) is 0 Å². The van der Waals surface area contributed by atoms with Gasteiger partial charge in [-0.15, -0.1) is 5.10 Å². The molecule has 1 amide bonds. The molecule has 14 bridgehead atoms. The third kappa shape index (κ3) is 15.1. The predicted molar refractivity (Wildman–Crippen MR) is 280 cm³/mol. The molecule has 23 rings (SSSR count). The van der Waals surface area contributed by atoms with Gasteiger partial charge in [0.05, 0.1) is 52.9 Å². The smallest absolute Gasteiger partial charge is 0.288 e. The molecule has 0 saturated carbocycles. The highest BCUT2D eigenvalue weighted by molar-refractivity contribution is 5.88. The van der Waals surface area contributed by atoms with Crippen molar-refractivity contribution in [2.45, 2.75) is 239 Å². The van der Waals surface area contributed by atoms with E-state index in [4.69, 9.17) is 81.9 Å². The molecule has 0 unspecified atom stereocenters. The largest absolute Gasteiger partial charge is 0.394 e. The van der Waals surface area contributed by atoms with E-state index in [0.29, 0.717) is 0 Å². The molecular weight excluding hydrogens is 1300 g/mol. The molecule has 39 atom stereocenters. The highest BCUT2D eigenvalue weighted by atomic mass is 16.8. The second-order valence-electron chi connectivity index (χ2n) is 23.3. The maximum absolute atomic E-state index is 11.3. The first-order chi connectivity index (χ1) is 44.7. The molecule has 23 heterocycles. The van der Waals surface area contributed by atoms with E-state index in [2.05, 4.69) is 10.1 Å². The Hall–Kier alpha value is -2.95. The summed E-state index contributed by atoms with van der Waals surface area (Å²) in [6.45, 7) is -7.77. The fraction of sp³-hybridized carbons (Fsp3) is 0.940. The molecule has 22 saturated heterocycles. The van der Waals surface area contributed by atoms with Crippen LogP contribution in [0.2, 0.25) is 0 Å². The standard InChI is InChI=1S/C42H70O35.C8H12N4O5/c43-1-8-29-15(50)22(57)36(64-8)72-30-9(2-44)66-38(24(59)17(30)52)74-32-11(4-46)68-40(26(61)19(32)54)76-34-13(6-48)70-42(28(63)21(34)56)77-35-14(7-49)69-41(27(62)20(35)55)75-33-12(5-47)67-39(25(60)18(33)53)73-31-10(3-45)65-37(71-29)23(58)16(31)51;9-6(16)7-10-2-12(11-7)8-5(15)4(14)3(1-13)17-8/h8-63H,1-7H2;2-5,8,13-15H,1H2,(H2,9,16)/t8-,9-,10-,11-,12-,13-,14-,15-,16-,17-,18-,19-,20-,21-,22-,23-,24-,25-,26-,27-,28+,29-,30-,31-,32-,33-,34-,35-,36-,37-,38-,39-,40-,41-,42-;3-,4-,5-,8-/m00/s1. The fourth-order valence-corrected chi connectivity index (χ4v) is 12.0. The van der Waals surface area contributed by atoms with Gasteiger partial charge in [0.2, 0.25) is 5.82 Å².